The van der Waals surface area contributed by atoms with E-state index in [1.807, 2.05) is 0 Å². The van der Waals surface area contributed by atoms with Gasteiger partial charge in [0.05, 0.1) is 0 Å². The van der Waals surface area contributed by atoms with Crippen LogP contribution in [0.1, 0.15) is 0 Å². The van der Waals surface area contributed by atoms with E-state index in [0.29, 0.717) is 0 Å². The number of primary amides is 1. The summed E-state index contributed by atoms with van der Waals surface area (Å²) in [4.78, 5) is 9.87. The van der Waals surface area contributed by atoms with Crippen molar-refractivity contribution in [2.24, 2.45) is 5.73 Å². The van der Waals surface area contributed by atoms with E-state index in [9.17, 15) is 4.79 Å². The predicted molar refractivity (Wildman–Crippen MR) is 25.2 cm³/mol. The van der Waals surface area contributed by atoms with Gasteiger partial charge in [-0.1, -0.05) is 0 Å². The van der Waals surface area contributed by atoms with Crippen molar-refractivity contribution in [2.45, 2.75) is 0 Å². The number of amides is 1. The molecule has 0 radical (unpaired) electrons. The first-order valence-electron chi connectivity index (χ1n) is 1.25. The predicted octanol–water partition coefficient (Wildman–Crippen LogP) is 0.538. The second-order valence-corrected chi connectivity index (χ2v) is 2.90. The topological polar surface area (TPSA) is 48.0 Å². The molecule has 0 saturated carbocycles. The summed E-state index contributed by atoms with van der Waals surface area (Å²) in [6, 6.07) is -0.370. The number of carbonyl (C=O) groups is 1. The molecule has 0 spiro atoms. The van der Waals surface area contributed by atoms with Gasteiger partial charge in [0.15, 0.2) is 0 Å². The first-order chi connectivity index (χ1) is 2.80. The summed E-state index contributed by atoms with van der Waals surface area (Å²) < 4.78 is 1.39. The Morgan fingerprint density at radius 1 is 1.67 bits per heavy atom. The number of rotatable bonds is 0. The average molecular weight is 122 g/mol. The Morgan fingerprint density at radius 2 is 2.17 bits per heavy atom. The van der Waals surface area contributed by atoms with E-state index in [1.54, 1.807) is 0 Å². The lowest BCUT2D eigenvalue weighted by atomic mass is 11.2. The van der Waals surface area contributed by atoms with Crippen molar-refractivity contribution in [2.75, 3.05) is 0 Å². The van der Waals surface area contributed by atoms with Crippen LogP contribution in [0.2, 0.25) is 0 Å². The molecule has 0 aliphatic heterocycles. The molecule has 1 heterocycles. The molecule has 0 atom stereocenters. The molecule has 0 fully saturated rings. The highest BCUT2D eigenvalue weighted by Crippen LogP contribution is 2.14. The smallest absolute Gasteiger partial charge is 0.343 e. The van der Waals surface area contributed by atoms with E-state index in [-0.39, 0.29) is 6.03 Å². The van der Waals surface area contributed by atoms with E-state index < -0.39 is 0 Å². The molecule has 6 heavy (non-hydrogen) atoms. The van der Waals surface area contributed by atoms with Crippen molar-refractivity contribution in [3.05, 3.63) is 0 Å². The molecule has 0 bridgehead atoms. The van der Waals surface area contributed by atoms with Gasteiger partial charge in [-0.25, -0.2) is 4.79 Å². The summed E-state index contributed by atoms with van der Waals surface area (Å²) in [6.45, 7) is 0. The van der Waals surface area contributed by atoms with Gasteiger partial charge in [0, 0.05) is 21.1 Å². The van der Waals surface area contributed by atoms with Gasteiger partial charge in [0.2, 0.25) is 0 Å². The zero-order valence-corrected chi connectivity index (χ0v) is 4.38. The lowest BCUT2D eigenvalue weighted by molar-refractivity contribution is 0.254. The molecule has 1 rings (SSSR count). The van der Waals surface area contributed by atoms with Crippen LogP contribution in [0.15, 0.2) is 0 Å². The number of nitrogens with zero attached hydrogens (tertiary/aromatic N) is 1. The van der Waals surface area contributed by atoms with E-state index >= 15 is 0 Å². The molecule has 0 aliphatic rings. The molecule has 34 valence electrons. The maximum atomic E-state index is 9.87. The van der Waals surface area contributed by atoms with Crippen LogP contribution in [0.4, 0.5) is 4.79 Å². The van der Waals surface area contributed by atoms with E-state index in [1.165, 1.54) is 24.4 Å². The third-order valence-corrected chi connectivity index (χ3v) is 1.88. The van der Waals surface area contributed by atoms with Crippen molar-refractivity contribution < 1.29 is 4.79 Å². The van der Waals surface area contributed by atoms with Crippen LogP contribution in [-0.4, -0.2) is 9.38 Å². The van der Waals surface area contributed by atoms with Crippen molar-refractivity contribution in [1.82, 2.24) is 3.35 Å². The zero-order chi connectivity index (χ0) is 4.57. The van der Waals surface area contributed by atoms with Gasteiger partial charge in [0.1, 0.15) is 0 Å². The second kappa shape index (κ2) is 1.09. The summed E-state index contributed by atoms with van der Waals surface area (Å²) in [5, 5.41) is 0. The molecule has 0 saturated heterocycles. The minimum absolute atomic E-state index is 0.370. The molecule has 1 aromatic rings. The summed E-state index contributed by atoms with van der Waals surface area (Å²) in [5.41, 5.74) is 4.74. The molecule has 0 unspecified atom stereocenters. The molecule has 3 nitrogen and oxygen atoms in total. The lowest BCUT2D eigenvalue weighted by Crippen LogP contribution is -2.10. The van der Waals surface area contributed by atoms with E-state index in [0.717, 1.165) is 0 Å². The van der Waals surface area contributed by atoms with Crippen LogP contribution in [-0.2, 0) is 0 Å². The normalized spacial score (nSPS) is 9.33. The summed E-state index contributed by atoms with van der Waals surface area (Å²) in [6.07, 6.45) is 0. The Bertz CT molecular complexity index is 129. The molecule has 0 aromatic carbocycles. The van der Waals surface area contributed by atoms with Crippen LogP contribution < -0.4 is 5.73 Å². The average Bonchev–Trinajstić information content (AvgIpc) is 2.06. The Balaban J connectivity index is 2.62. The van der Waals surface area contributed by atoms with E-state index in [4.69, 9.17) is 5.73 Å². The Labute approximate surface area is 41.7 Å². The minimum atomic E-state index is -0.370. The quantitative estimate of drug-likeness (QED) is 0.501. The van der Waals surface area contributed by atoms with Crippen LogP contribution in [0.25, 0.3) is 0 Å². The standard InChI is InChI=1S/CH2N2OS2/c2-1(4)3-5-6-3/h(H2,2,4). The molecule has 1 amide bonds. The Kier molecular flexibility index (Phi) is 0.706. The third kappa shape index (κ3) is 0.605. The Hall–Kier alpha value is -0.290. The van der Waals surface area contributed by atoms with Gasteiger partial charge in [-0.2, -0.15) is 0 Å². The molecule has 0 aliphatic carbocycles. The largest absolute Gasteiger partial charge is 0.349 e. The molecular formula is CH2N2OS2. The fraction of sp³-hybridized carbons (Fsp3) is 0. The second-order valence-electron chi connectivity index (χ2n) is 0.744. The fourth-order valence-electron chi connectivity index (χ4n) is 0.0901. The maximum absolute atomic E-state index is 9.87. The first kappa shape index (κ1) is 3.89. The number of hydrogen-bond donors (Lipinski definition) is 1. The van der Waals surface area contributed by atoms with Crippen molar-refractivity contribution in [3.63, 3.8) is 0 Å². The molecule has 2 N–H and O–H groups in total. The highest BCUT2D eigenvalue weighted by Gasteiger charge is 2.00. The highest BCUT2D eigenvalue weighted by molar-refractivity contribution is 7.77. The van der Waals surface area contributed by atoms with Gasteiger partial charge >= 0.3 is 6.03 Å². The van der Waals surface area contributed by atoms with Gasteiger partial charge in [-0.15, -0.1) is 3.35 Å². The third-order valence-electron chi connectivity index (χ3n) is 0.329. The summed E-state index contributed by atoms with van der Waals surface area (Å²) in [7, 11) is 2.70. The first-order valence-corrected chi connectivity index (χ1v) is 3.31. The monoisotopic (exact) mass is 122 g/mol. The summed E-state index contributed by atoms with van der Waals surface area (Å²) in [5.74, 6) is 0. The van der Waals surface area contributed by atoms with Crippen LogP contribution in [0.3, 0.4) is 0 Å². The van der Waals surface area contributed by atoms with Crippen LogP contribution >= 0.6 is 21.1 Å². The fourth-order valence-corrected chi connectivity index (χ4v) is 0.811. The van der Waals surface area contributed by atoms with Gasteiger partial charge < -0.3 is 5.73 Å². The SMILES string of the molecule is NC(=O)n1ss1. The van der Waals surface area contributed by atoms with Crippen LogP contribution in [0.5, 0.6) is 0 Å². The van der Waals surface area contributed by atoms with Gasteiger partial charge in [0.25, 0.3) is 0 Å². The van der Waals surface area contributed by atoms with Gasteiger partial charge in [-0.3, -0.25) is 0 Å². The summed E-state index contributed by atoms with van der Waals surface area (Å²) >= 11 is 0. The molecular weight excluding hydrogens is 120 g/mol. The van der Waals surface area contributed by atoms with Gasteiger partial charge in [-0.05, 0) is 0 Å². The highest BCUT2D eigenvalue weighted by atomic mass is 33.0. The lowest BCUT2D eigenvalue weighted by Gasteiger charge is -1.70. The number of nitrogens with two attached hydrogens (primary N) is 1. The number of carbonyl (C=O) groups excluding carboxylic acids is 1. The number of hydrogen-bond acceptors (Lipinski definition) is 3. The minimum Gasteiger partial charge on any atom is -0.349 e. The number of aromatic nitrogens is 1. The maximum Gasteiger partial charge on any atom is 0.343 e. The van der Waals surface area contributed by atoms with Crippen LogP contribution in [0, 0.1) is 0 Å². The van der Waals surface area contributed by atoms with Crippen molar-refractivity contribution in [1.29, 1.82) is 0 Å². The zero-order valence-electron chi connectivity index (χ0n) is 2.75. The van der Waals surface area contributed by atoms with E-state index in [2.05, 4.69) is 0 Å². The van der Waals surface area contributed by atoms with Crippen molar-refractivity contribution in [3.8, 4) is 0 Å². The Morgan fingerprint density at radius 3 is 2.17 bits per heavy atom. The molecule has 5 heteroatoms. The van der Waals surface area contributed by atoms with Crippen molar-refractivity contribution >= 4 is 27.1 Å². The molecule has 1 aromatic heterocycles.